The van der Waals surface area contributed by atoms with Crippen LogP contribution in [0, 0.1) is 0 Å². The Labute approximate surface area is 168 Å². The number of hydrogen-bond acceptors (Lipinski definition) is 5. The van der Waals surface area contributed by atoms with Crippen LogP contribution in [0.15, 0.2) is 21.0 Å². The number of benzene rings is 1. The summed E-state index contributed by atoms with van der Waals surface area (Å²) in [6, 6.07) is 5.13. The van der Waals surface area contributed by atoms with Gasteiger partial charge in [0.25, 0.3) is 6.01 Å². The Morgan fingerprint density at radius 2 is 1.96 bits per heavy atom. The number of ether oxygens (including phenoxy) is 1. The van der Waals surface area contributed by atoms with Gasteiger partial charge in [0.15, 0.2) is 5.58 Å². The SMILES string of the molecule is CC(C)c1cc(Br)c2oc(N3CC4CC(C3)N4C(=O)OC(C)(C)C)nc2c1. The highest BCUT2D eigenvalue weighted by Crippen LogP contribution is 2.38. The number of halogens is 1. The average molecular weight is 436 g/mol. The van der Waals surface area contributed by atoms with Crippen LogP contribution < -0.4 is 4.90 Å². The minimum absolute atomic E-state index is 0.156. The first-order valence-corrected chi connectivity index (χ1v) is 10.3. The second kappa shape index (κ2) is 6.40. The van der Waals surface area contributed by atoms with E-state index in [1.807, 2.05) is 25.7 Å². The van der Waals surface area contributed by atoms with Gasteiger partial charge in [0.1, 0.15) is 11.1 Å². The Kier molecular flexibility index (Phi) is 4.41. The van der Waals surface area contributed by atoms with Gasteiger partial charge in [-0.2, -0.15) is 4.98 Å². The van der Waals surface area contributed by atoms with Crippen molar-refractivity contribution in [1.82, 2.24) is 9.88 Å². The van der Waals surface area contributed by atoms with E-state index in [-0.39, 0.29) is 18.2 Å². The minimum Gasteiger partial charge on any atom is -0.444 e. The highest BCUT2D eigenvalue weighted by Gasteiger charge is 2.49. The predicted octanol–water partition coefficient (Wildman–Crippen LogP) is 4.91. The summed E-state index contributed by atoms with van der Waals surface area (Å²) >= 11 is 3.61. The topological polar surface area (TPSA) is 58.8 Å². The fourth-order valence-corrected chi connectivity index (χ4v) is 4.40. The number of piperazine rings is 1. The molecule has 1 aromatic heterocycles. The standard InChI is InChI=1S/C20H26BrN3O3/c1-11(2)12-6-15(21)17-16(7-12)22-18(26-17)23-9-13-8-14(10-23)24(13)19(25)27-20(3,4)5/h6-7,11,13-14H,8-10H2,1-5H3. The molecule has 0 saturated carbocycles. The van der Waals surface area contributed by atoms with Crippen LogP contribution in [0.5, 0.6) is 0 Å². The molecule has 2 bridgehead atoms. The van der Waals surface area contributed by atoms with Gasteiger partial charge in [-0.25, -0.2) is 4.79 Å². The van der Waals surface area contributed by atoms with E-state index in [2.05, 4.69) is 46.8 Å². The molecular formula is C20H26BrN3O3. The molecule has 3 aliphatic rings. The first-order chi connectivity index (χ1) is 12.6. The number of carbonyl (C=O) groups excluding carboxylic acids is 1. The van der Waals surface area contributed by atoms with Crippen LogP contribution >= 0.6 is 15.9 Å². The first-order valence-electron chi connectivity index (χ1n) is 9.48. The molecule has 0 radical (unpaired) electrons. The molecule has 1 amide bonds. The number of hydrogen-bond donors (Lipinski definition) is 0. The van der Waals surface area contributed by atoms with Crippen molar-refractivity contribution < 1.29 is 13.9 Å². The van der Waals surface area contributed by atoms with E-state index < -0.39 is 5.60 Å². The zero-order chi connectivity index (χ0) is 19.5. The van der Waals surface area contributed by atoms with Crippen molar-refractivity contribution in [3.63, 3.8) is 0 Å². The Balaban J connectivity index is 1.52. The van der Waals surface area contributed by atoms with Gasteiger partial charge in [-0.3, -0.25) is 4.90 Å². The second-order valence-electron chi connectivity index (χ2n) is 8.84. The number of piperidine rings is 1. The molecule has 6 nitrogen and oxygen atoms in total. The molecule has 0 spiro atoms. The third kappa shape index (κ3) is 3.42. The zero-order valence-electron chi connectivity index (χ0n) is 16.5. The molecule has 3 fully saturated rings. The van der Waals surface area contributed by atoms with E-state index in [4.69, 9.17) is 14.1 Å². The lowest BCUT2D eigenvalue weighted by atomic mass is 9.88. The lowest BCUT2D eigenvalue weighted by Gasteiger charge is -2.55. The van der Waals surface area contributed by atoms with Gasteiger partial charge in [-0.15, -0.1) is 0 Å². The molecule has 3 aliphatic heterocycles. The van der Waals surface area contributed by atoms with Crippen molar-refractivity contribution >= 4 is 39.1 Å². The van der Waals surface area contributed by atoms with Gasteiger partial charge in [0, 0.05) is 13.1 Å². The number of aromatic nitrogens is 1. The summed E-state index contributed by atoms with van der Waals surface area (Å²) in [6.07, 6.45) is 0.794. The van der Waals surface area contributed by atoms with E-state index in [1.165, 1.54) is 5.56 Å². The predicted molar refractivity (Wildman–Crippen MR) is 108 cm³/mol. The molecule has 7 heteroatoms. The number of carbonyl (C=O) groups is 1. The van der Waals surface area contributed by atoms with Crippen molar-refractivity contribution in [2.24, 2.45) is 0 Å². The third-order valence-corrected chi connectivity index (χ3v) is 5.78. The molecule has 2 aromatic rings. The lowest BCUT2D eigenvalue weighted by Crippen LogP contribution is -2.70. The van der Waals surface area contributed by atoms with Crippen LogP contribution in [0.2, 0.25) is 0 Å². The zero-order valence-corrected chi connectivity index (χ0v) is 18.0. The first kappa shape index (κ1) is 18.6. The normalized spacial score (nSPS) is 22.3. The van der Waals surface area contributed by atoms with Gasteiger partial charge in [0.2, 0.25) is 0 Å². The number of anilines is 1. The summed E-state index contributed by atoms with van der Waals surface area (Å²) in [6.45, 7) is 11.5. The van der Waals surface area contributed by atoms with Crippen molar-refractivity contribution in [2.75, 3.05) is 18.0 Å². The van der Waals surface area contributed by atoms with Crippen LogP contribution in [0.3, 0.4) is 0 Å². The van der Waals surface area contributed by atoms with Gasteiger partial charge in [-0.05, 0) is 66.7 Å². The molecule has 27 heavy (non-hydrogen) atoms. The summed E-state index contributed by atoms with van der Waals surface area (Å²) in [7, 11) is 0. The molecule has 5 rings (SSSR count). The number of nitrogens with zero attached hydrogens (tertiary/aromatic N) is 3. The lowest BCUT2D eigenvalue weighted by molar-refractivity contribution is -0.0386. The maximum absolute atomic E-state index is 12.4. The molecule has 0 aliphatic carbocycles. The number of oxazole rings is 1. The van der Waals surface area contributed by atoms with Crippen molar-refractivity contribution in [2.45, 2.75) is 64.6 Å². The summed E-state index contributed by atoms with van der Waals surface area (Å²) < 4.78 is 12.5. The van der Waals surface area contributed by atoms with Gasteiger partial charge in [0.05, 0.1) is 16.6 Å². The minimum atomic E-state index is -0.471. The molecule has 146 valence electrons. The Morgan fingerprint density at radius 3 is 2.56 bits per heavy atom. The van der Waals surface area contributed by atoms with Crippen LogP contribution in [0.4, 0.5) is 10.8 Å². The molecule has 4 heterocycles. The van der Waals surface area contributed by atoms with Crippen LogP contribution in [-0.4, -0.2) is 46.8 Å². The second-order valence-corrected chi connectivity index (χ2v) is 9.69. The molecule has 2 atom stereocenters. The van der Waals surface area contributed by atoms with E-state index in [0.717, 1.165) is 35.1 Å². The van der Waals surface area contributed by atoms with Crippen LogP contribution in [-0.2, 0) is 4.74 Å². The van der Waals surface area contributed by atoms with Gasteiger partial charge >= 0.3 is 6.09 Å². The fourth-order valence-electron chi connectivity index (χ4n) is 3.85. The molecule has 1 aromatic carbocycles. The van der Waals surface area contributed by atoms with Crippen molar-refractivity contribution in [1.29, 1.82) is 0 Å². The highest BCUT2D eigenvalue weighted by molar-refractivity contribution is 9.10. The largest absolute Gasteiger partial charge is 0.444 e. The van der Waals surface area contributed by atoms with E-state index in [0.29, 0.717) is 11.9 Å². The molecule has 3 saturated heterocycles. The third-order valence-electron chi connectivity index (χ3n) is 5.19. The van der Waals surface area contributed by atoms with E-state index in [9.17, 15) is 4.79 Å². The van der Waals surface area contributed by atoms with Crippen LogP contribution in [0.1, 0.15) is 52.5 Å². The maximum Gasteiger partial charge on any atom is 0.410 e. The summed E-state index contributed by atoms with van der Waals surface area (Å²) in [4.78, 5) is 21.2. The fraction of sp³-hybridized carbons (Fsp3) is 0.600. The Bertz CT molecular complexity index is 874. The highest BCUT2D eigenvalue weighted by atomic mass is 79.9. The molecular weight excluding hydrogens is 410 g/mol. The van der Waals surface area contributed by atoms with Crippen LogP contribution in [0.25, 0.3) is 11.1 Å². The van der Waals surface area contributed by atoms with Crippen molar-refractivity contribution in [3.8, 4) is 0 Å². The summed E-state index contributed by atoms with van der Waals surface area (Å²) in [5.74, 6) is 0.427. The van der Waals surface area contributed by atoms with Crippen molar-refractivity contribution in [3.05, 3.63) is 22.2 Å². The van der Waals surface area contributed by atoms with Gasteiger partial charge in [-0.1, -0.05) is 13.8 Å². The number of fused-ring (bicyclic) bond motifs is 3. The molecule has 0 N–H and O–H groups in total. The quantitative estimate of drug-likeness (QED) is 0.670. The Morgan fingerprint density at radius 1 is 1.30 bits per heavy atom. The van der Waals surface area contributed by atoms with E-state index in [1.54, 1.807) is 0 Å². The smallest absolute Gasteiger partial charge is 0.410 e. The summed E-state index contributed by atoms with van der Waals surface area (Å²) in [5, 5.41) is 0. The summed E-state index contributed by atoms with van der Waals surface area (Å²) in [5.41, 5.74) is 2.40. The number of amides is 1. The average Bonchev–Trinajstić information content (AvgIpc) is 2.97. The maximum atomic E-state index is 12.4. The Hall–Kier alpha value is -1.76. The molecule has 2 unspecified atom stereocenters. The van der Waals surface area contributed by atoms with E-state index >= 15 is 0 Å². The monoisotopic (exact) mass is 435 g/mol. The van der Waals surface area contributed by atoms with Gasteiger partial charge < -0.3 is 14.1 Å². The number of rotatable bonds is 2.